The summed E-state index contributed by atoms with van der Waals surface area (Å²) in [4.78, 5) is 41.8. The van der Waals surface area contributed by atoms with E-state index >= 15 is 0 Å². The molecule has 4 aromatic rings. The summed E-state index contributed by atoms with van der Waals surface area (Å²) < 4.78 is 36.9. The number of alkyl carbamates (subject to hydrolysis) is 1. The van der Waals surface area contributed by atoms with Crippen molar-refractivity contribution >= 4 is 34.9 Å². The highest BCUT2D eigenvalue weighted by Crippen LogP contribution is 2.47. The normalized spacial score (nSPS) is 15.2. The van der Waals surface area contributed by atoms with Crippen LogP contribution < -0.4 is 10.6 Å². The molecule has 11 nitrogen and oxygen atoms in total. The largest absolute Gasteiger partial charge is 0.463 e. The third-order valence-corrected chi connectivity index (χ3v) is 9.41. The Kier molecular flexibility index (Phi) is 12.5. The monoisotopic (exact) mass is 744 g/mol. The molecule has 0 saturated carbocycles. The number of esters is 2. The Morgan fingerprint density at radius 1 is 0.943 bits per heavy atom. The second-order valence-electron chi connectivity index (χ2n) is 13.9. The summed E-state index contributed by atoms with van der Waals surface area (Å²) in [6.45, 7) is 12.7. The lowest BCUT2D eigenvalue weighted by atomic mass is 9.80. The first-order chi connectivity index (χ1) is 25.2. The minimum absolute atomic E-state index is 0.0752. The topological polar surface area (TPSA) is 142 Å². The van der Waals surface area contributed by atoms with Crippen molar-refractivity contribution in [1.29, 1.82) is 0 Å². The van der Waals surface area contributed by atoms with Crippen LogP contribution in [0.4, 0.5) is 9.18 Å². The van der Waals surface area contributed by atoms with E-state index in [2.05, 4.69) is 20.8 Å². The summed E-state index contributed by atoms with van der Waals surface area (Å²) in [7, 11) is 0. The number of halogens is 1. The van der Waals surface area contributed by atoms with Gasteiger partial charge in [-0.2, -0.15) is 0 Å². The number of aromatic nitrogens is 2. The lowest BCUT2D eigenvalue weighted by Gasteiger charge is -2.36. The summed E-state index contributed by atoms with van der Waals surface area (Å²) >= 11 is 1.17. The van der Waals surface area contributed by atoms with Crippen LogP contribution in [0.1, 0.15) is 91.3 Å². The molecule has 280 valence electrons. The molecule has 13 heteroatoms. The highest BCUT2D eigenvalue weighted by atomic mass is 32.1. The number of ether oxygens (including phenoxy) is 3. The quantitative estimate of drug-likeness (QED) is 0.102. The zero-order valence-electron chi connectivity index (χ0n) is 30.9. The fraction of sp³-hybridized carbons (Fsp3) is 0.375. The van der Waals surface area contributed by atoms with Gasteiger partial charge >= 0.3 is 18.0 Å². The smallest absolute Gasteiger partial charge is 0.408 e. The number of thiophene rings is 1. The Bertz CT molecular complexity index is 1980. The standard InChI is InChI=1S/C40H45FN4O7S/c1-8-49-38(47)33-32(29-20-21-30(53-29)37(46)50-22-26-12-10-9-11-13-26)31(36-45-44-24(4)51-36)28(19-16-25-14-17-27(41)18-15-25)42-35(33)34(23(2)3)43-39(48)52-40(5,6)7/h9-15,17-18,20-21,23,32,34,42H,8,16,19,22H2,1-7H3,(H,43,48)/t32?,34-/m0/s1. The zero-order chi connectivity index (χ0) is 38.3. The first-order valence-electron chi connectivity index (χ1n) is 17.5. The predicted octanol–water partition coefficient (Wildman–Crippen LogP) is 8.03. The number of nitrogens with zero attached hydrogens (tertiary/aromatic N) is 2. The van der Waals surface area contributed by atoms with Crippen LogP contribution in [0.25, 0.3) is 5.57 Å². The van der Waals surface area contributed by atoms with Crippen LogP contribution in [0, 0.1) is 18.7 Å². The lowest BCUT2D eigenvalue weighted by molar-refractivity contribution is -0.138. The van der Waals surface area contributed by atoms with Gasteiger partial charge in [-0.3, -0.25) is 0 Å². The number of benzene rings is 2. The van der Waals surface area contributed by atoms with Gasteiger partial charge in [0.05, 0.1) is 24.1 Å². The number of rotatable bonds is 13. The number of aryl methyl sites for hydroxylation is 2. The molecule has 2 aromatic heterocycles. The maximum Gasteiger partial charge on any atom is 0.408 e. The SMILES string of the molecule is CCOC(=O)C1=C([C@@H](NC(=O)OC(C)(C)C)C(C)C)NC(CCc2ccc(F)cc2)=C(c2nnc(C)o2)C1c1ccc(C(=O)OCc2ccccc2)s1. The molecule has 0 spiro atoms. The van der Waals surface area contributed by atoms with Gasteiger partial charge in [-0.1, -0.05) is 56.3 Å². The molecule has 1 unspecified atom stereocenters. The molecule has 0 bridgehead atoms. The number of carbonyl (C=O) groups excluding carboxylic acids is 3. The van der Waals surface area contributed by atoms with Gasteiger partial charge in [0.1, 0.15) is 22.9 Å². The zero-order valence-corrected chi connectivity index (χ0v) is 31.8. The van der Waals surface area contributed by atoms with Crippen LogP contribution in [0.5, 0.6) is 0 Å². The van der Waals surface area contributed by atoms with Crippen LogP contribution in [0.15, 0.2) is 88.1 Å². The second-order valence-corrected chi connectivity index (χ2v) is 15.0. The van der Waals surface area contributed by atoms with Gasteiger partial charge in [0.2, 0.25) is 11.8 Å². The first-order valence-corrected chi connectivity index (χ1v) is 18.3. The van der Waals surface area contributed by atoms with Crippen molar-refractivity contribution in [3.05, 3.63) is 122 Å². The maximum absolute atomic E-state index is 14.3. The minimum atomic E-state index is -0.879. The molecule has 3 heterocycles. The summed E-state index contributed by atoms with van der Waals surface area (Å²) in [6.07, 6.45) is 0.175. The number of amides is 1. The van der Waals surface area contributed by atoms with E-state index < -0.39 is 35.6 Å². The van der Waals surface area contributed by atoms with Crippen molar-refractivity contribution in [3.8, 4) is 0 Å². The number of carbonyl (C=O) groups is 3. The fourth-order valence-corrected chi connectivity index (χ4v) is 6.95. The molecule has 1 aliphatic rings. The Labute approximate surface area is 312 Å². The Hall–Kier alpha value is -5.30. The summed E-state index contributed by atoms with van der Waals surface area (Å²) in [5.41, 5.74) is 2.65. The van der Waals surface area contributed by atoms with Gasteiger partial charge in [-0.25, -0.2) is 18.8 Å². The van der Waals surface area contributed by atoms with E-state index in [1.54, 1.807) is 58.9 Å². The van der Waals surface area contributed by atoms with Crippen LogP contribution in [-0.2, 0) is 32.0 Å². The third-order valence-electron chi connectivity index (χ3n) is 8.28. The molecular formula is C40H45FN4O7S. The van der Waals surface area contributed by atoms with Crippen molar-refractivity contribution in [2.24, 2.45) is 5.92 Å². The average Bonchev–Trinajstić information content (AvgIpc) is 3.78. The number of hydrogen-bond acceptors (Lipinski definition) is 11. The summed E-state index contributed by atoms with van der Waals surface area (Å²) in [5.74, 6) is -2.16. The number of hydrogen-bond donors (Lipinski definition) is 2. The molecule has 53 heavy (non-hydrogen) atoms. The fourth-order valence-electron chi connectivity index (χ4n) is 5.93. The van der Waals surface area contributed by atoms with Crippen molar-refractivity contribution < 1.29 is 37.4 Å². The highest BCUT2D eigenvalue weighted by molar-refractivity contribution is 7.14. The summed E-state index contributed by atoms with van der Waals surface area (Å²) in [5, 5.41) is 15.0. The van der Waals surface area contributed by atoms with Gasteiger partial charge in [0.25, 0.3) is 0 Å². The van der Waals surface area contributed by atoms with Gasteiger partial charge in [0, 0.05) is 28.8 Å². The van der Waals surface area contributed by atoms with Crippen LogP contribution in [0.3, 0.4) is 0 Å². The second kappa shape index (κ2) is 17.0. The Morgan fingerprint density at radius 3 is 2.28 bits per heavy atom. The van der Waals surface area contributed by atoms with Crippen LogP contribution in [-0.4, -0.2) is 46.5 Å². The molecule has 0 aliphatic carbocycles. The van der Waals surface area contributed by atoms with Crippen molar-refractivity contribution in [3.63, 3.8) is 0 Å². The van der Waals surface area contributed by atoms with Crippen LogP contribution >= 0.6 is 11.3 Å². The minimum Gasteiger partial charge on any atom is -0.463 e. The molecule has 0 radical (unpaired) electrons. The Balaban J connectivity index is 1.67. The highest BCUT2D eigenvalue weighted by Gasteiger charge is 2.43. The number of allylic oxidation sites excluding steroid dienone is 2. The first kappa shape index (κ1) is 38.9. The molecule has 5 rings (SSSR count). The third kappa shape index (κ3) is 9.98. The van der Waals surface area contributed by atoms with E-state index in [0.717, 1.165) is 11.1 Å². The van der Waals surface area contributed by atoms with Crippen molar-refractivity contribution in [1.82, 2.24) is 20.8 Å². The molecule has 2 atom stereocenters. The average molecular weight is 745 g/mol. The molecule has 0 fully saturated rings. The summed E-state index contributed by atoms with van der Waals surface area (Å²) in [6, 6.07) is 18.2. The maximum atomic E-state index is 14.3. The van der Waals surface area contributed by atoms with Crippen LogP contribution in [0.2, 0.25) is 0 Å². The van der Waals surface area contributed by atoms with E-state index in [9.17, 15) is 18.8 Å². The Morgan fingerprint density at radius 2 is 1.66 bits per heavy atom. The molecule has 0 saturated heterocycles. The van der Waals surface area contributed by atoms with Gasteiger partial charge < -0.3 is 29.3 Å². The van der Waals surface area contributed by atoms with Gasteiger partial charge in [0.15, 0.2) is 0 Å². The molecule has 2 aromatic carbocycles. The lowest BCUT2D eigenvalue weighted by Crippen LogP contribution is -2.48. The van der Waals surface area contributed by atoms with E-state index in [0.29, 0.717) is 45.5 Å². The number of nitrogens with one attached hydrogen (secondary N) is 2. The molecule has 2 N–H and O–H groups in total. The number of dihydropyridines is 1. The van der Waals surface area contributed by atoms with E-state index in [1.807, 2.05) is 44.2 Å². The predicted molar refractivity (Wildman–Crippen MR) is 198 cm³/mol. The van der Waals surface area contributed by atoms with E-state index in [-0.39, 0.29) is 36.4 Å². The van der Waals surface area contributed by atoms with E-state index in [4.69, 9.17) is 18.6 Å². The van der Waals surface area contributed by atoms with Crippen molar-refractivity contribution in [2.45, 2.75) is 85.5 Å². The van der Waals surface area contributed by atoms with Crippen molar-refractivity contribution in [2.75, 3.05) is 6.61 Å². The molecule has 1 amide bonds. The van der Waals surface area contributed by atoms with Gasteiger partial charge in [-0.15, -0.1) is 21.5 Å². The molecule has 1 aliphatic heterocycles. The van der Waals surface area contributed by atoms with Gasteiger partial charge in [-0.05, 0) is 81.8 Å². The van der Waals surface area contributed by atoms with E-state index in [1.165, 1.54) is 23.5 Å². The molecular weight excluding hydrogens is 700 g/mol.